The standard InChI is InChI=1S/12BF4.2Li.2H/c12*2-1(3,4)5;;;;/q12*-1;;;;. The van der Waals surface area contributed by atoms with Crippen LogP contribution >= 0.6 is 0 Å². The van der Waals surface area contributed by atoms with Crippen LogP contribution in [-0.2, 0) is 0 Å². The fourth-order valence-corrected chi connectivity index (χ4v) is 0. The first-order valence-electron chi connectivity index (χ1n) is 10.5. The van der Waals surface area contributed by atoms with Crippen LogP contribution in [0.15, 0.2) is 0 Å². The molecule has 0 aromatic heterocycles. The zero-order valence-electron chi connectivity index (χ0n) is 25.1. The molecule has 0 amide bonds. The molecule has 0 aliphatic rings. The fraction of sp³-hybridized carbons (Fsp3) is 0. The number of hydrogen-bond donors (Lipinski definition) is 0. The topological polar surface area (TPSA) is 0 Å². The van der Waals surface area contributed by atoms with Crippen LogP contribution in [0.5, 0.6) is 0 Å². The van der Waals surface area contributed by atoms with Crippen LogP contribution in [0.1, 0.15) is 0 Å². The van der Waals surface area contributed by atoms with E-state index in [1.165, 1.54) is 0 Å². The Labute approximate surface area is 332 Å². The van der Waals surface area contributed by atoms with Crippen LogP contribution in [0.4, 0.5) is 207 Å². The van der Waals surface area contributed by atoms with E-state index in [1.807, 2.05) is 0 Å². The Morgan fingerprint density at radius 2 is 0.0806 bits per heavy atom. The molecule has 0 rings (SSSR count). The number of hydrogen-bond acceptors (Lipinski definition) is 0. The average molecular weight is 1060 g/mol. The zero-order valence-corrected chi connectivity index (χ0v) is 25.1. The van der Waals surface area contributed by atoms with Crippen LogP contribution in [0.25, 0.3) is 0 Å². The summed E-state index contributed by atoms with van der Waals surface area (Å²) in [5.74, 6) is 0. The van der Waals surface area contributed by atoms with E-state index in [0.717, 1.165) is 0 Å². The molecular formula is H2B12F48Li2-12. The van der Waals surface area contributed by atoms with Crippen LogP contribution in [0.2, 0.25) is 0 Å². The van der Waals surface area contributed by atoms with E-state index < -0.39 is 87.1 Å². The molecule has 0 N–H and O–H groups in total. The van der Waals surface area contributed by atoms with Crippen molar-refractivity contribution in [3.63, 3.8) is 0 Å². The second-order valence-electron chi connectivity index (χ2n) is 5.94. The summed E-state index contributed by atoms with van der Waals surface area (Å²) < 4.78 is 468. The van der Waals surface area contributed by atoms with Crippen LogP contribution < -0.4 is 0 Å². The van der Waals surface area contributed by atoms with Gasteiger partial charge in [-0.2, -0.15) is 0 Å². The van der Waals surface area contributed by atoms with Crippen LogP contribution in [0, 0.1) is 0 Å². The molecule has 62 heavy (non-hydrogen) atoms. The maximum absolute atomic E-state index is 9.75. The minimum atomic E-state index is -6.00. The summed E-state index contributed by atoms with van der Waals surface area (Å²) in [6.45, 7) is 0. The third-order valence-electron chi connectivity index (χ3n) is 0. The molecule has 0 heterocycles. The molecule has 0 aliphatic heterocycles. The van der Waals surface area contributed by atoms with Crippen molar-refractivity contribution in [2.75, 3.05) is 0 Å². The van der Waals surface area contributed by atoms with Crippen molar-refractivity contribution >= 4 is 125 Å². The van der Waals surface area contributed by atoms with Crippen molar-refractivity contribution in [3.05, 3.63) is 0 Å². The Kier molecular flexibility index (Phi) is 65.7. The third kappa shape index (κ3) is 101000. The molecule has 0 aromatic rings. The first kappa shape index (κ1) is 99.1. The van der Waals surface area contributed by atoms with Gasteiger partial charge in [0.05, 0.1) is 0 Å². The van der Waals surface area contributed by atoms with E-state index >= 15 is 0 Å². The first-order valence-corrected chi connectivity index (χ1v) is 10.5. The second kappa shape index (κ2) is 41.1. The van der Waals surface area contributed by atoms with E-state index in [2.05, 4.69) is 0 Å². The molecule has 0 bridgehead atoms. The average Bonchev–Trinajstić information content (AvgIpc) is 2.48. The van der Waals surface area contributed by atoms with Crippen molar-refractivity contribution in [2.45, 2.75) is 0 Å². The van der Waals surface area contributed by atoms with Gasteiger partial charge >= 0.3 is 125 Å². The number of rotatable bonds is 0. The molecule has 0 atom stereocenters. The predicted molar refractivity (Wildman–Crippen MR) is 137 cm³/mol. The van der Waals surface area contributed by atoms with Gasteiger partial charge in [0.15, 0.2) is 0 Å². The fourth-order valence-electron chi connectivity index (χ4n) is 0. The van der Waals surface area contributed by atoms with E-state index in [0.29, 0.717) is 0 Å². The molecule has 0 saturated carbocycles. The van der Waals surface area contributed by atoms with Gasteiger partial charge in [-0.3, -0.25) is 0 Å². The normalized spacial score (nSPS) is 11.6. The van der Waals surface area contributed by atoms with Gasteiger partial charge in [0.2, 0.25) is 0 Å². The van der Waals surface area contributed by atoms with Gasteiger partial charge in [-0.15, -0.1) is 0 Å². The van der Waals surface area contributed by atoms with Gasteiger partial charge in [-0.25, -0.2) is 0 Å². The molecule has 0 aromatic carbocycles. The van der Waals surface area contributed by atoms with Gasteiger partial charge in [-0.1, -0.05) is 0 Å². The van der Waals surface area contributed by atoms with Gasteiger partial charge in [0.1, 0.15) is 0 Å². The summed E-state index contributed by atoms with van der Waals surface area (Å²) >= 11 is 0. The molecule has 0 radical (unpaired) electrons. The van der Waals surface area contributed by atoms with Crippen molar-refractivity contribution in [1.29, 1.82) is 0 Å². The Morgan fingerprint density at radius 3 is 0.0806 bits per heavy atom. The summed E-state index contributed by atoms with van der Waals surface area (Å²) in [4.78, 5) is 0. The predicted octanol–water partition coefficient (Wildman–Crippen LogP) is 14.3. The van der Waals surface area contributed by atoms with Crippen LogP contribution in [-0.4, -0.2) is 125 Å². The Bertz CT molecular complexity index is 500. The minimum absolute atomic E-state index is 0. The first-order chi connectivity index (χ1) is 24.0. The quantitative estimate of drug-likeness (QED) is 0.168. The van der Waals surface area contributed by atoms with Crippen molar-refractivity contribution in [1.82, 2.24) is 0 Å². The molecule has 0 unspecified atom stereocenters. The Morgan fingerprint density at radius 1 is 0.0806 bits per heavy atom. The summed E-state index contributed by atoms with van der Waals surface area (Å²) in [6, 6.07) is 0. The SMILES string of the molecule is F[B-](F)(F)F.F[B-](F)(F)F.F[B-](F)(F)F.F[B-](F)(F)F.F[B-](F)(F)F.F[B-](F)(F)F.F[B-](F)(F)F.F[B-](F)(F)F.F[B-](F)(F)F.F[B-](F)(F)F.F[B-](F)(F)F.F[B-](F)(F)F.[LiH].[LiH]. The second-order valence-corrected chi connectivity index (χ2v) is 5.94. The molecule has 0 spiro atoms. The Hall–Kier alpha value is -1.39. The van der Waals surface area contributed by atoms with Crippen molar-refractivity contribution in [3.8, 4) is 0 Å². The molecule has 388 valence electrons. The molecule has 0 nitrogen and oxygen atoms in total. The Balaban J connectivity index is -0.0000000337. The van der Waals surface area contributed by atoms with E-state index in [1.54, 1.807) is 0 Å². The molecular weight excluding hydrogens is 1060 g/mol. The zero-order chi connectivity index (χ0) is 54.0. The summed E-state index contributed by atoms with van der Waals surface area (Å²) in [6.07, 6.45) is 0. The van der Waals surface area contributed by atoms with E-state index in [-0.39, 0.29) is 37.7 Å². The monoisotopic (exact) mass is 1060 g/mol. The van der Waals surface area contributed by atoms with Gasteiger partial charge < -0.3 is 207 Å². The summed E-state index contributed by atoms with van der Waals surface area (Å²) in [5.41, 5.74) is 0. The maximum atomic E-state index is 9.75. The number of halogens is 48. The van der Waals surface area contributed by atoms with E-state index in [4.69, 9.17) is 0 Å². The summed E-state index contributed by atoms with van der Waals surface area (Å²) in [7, 11) is -72.0. The van der Waals surface area contributed by atoms with Crippen molar-refractivity contribution < 1.29 is 207 Å². The van der Waals surface area contributed by atoms with Gasteiger partial charge in [-0.05, 0) is 0 Å². The molecule has 0 fully saturated rings. The third-order valence-corrected chi connectivity index (χ3v) is 0. The van der Waals surface area contributed by atoms with Gasteiger partial charge in [0.25, 0.3) is 0 Å². The van der Waals surface area contributed by atoms with Gasteiger partial charge in [0, 0.05) is 0 Å². The molecule has 0 saturated heterocycles. The van der Waals surface area contributed by atoms with Crippen LogP contribution in [0.3, 0.4) is 0 Å². The summed E-state index contributed by atoms with van der Waals surface area (Å²) in [5, 5.41) is 0. The molecule has 62 heteroatoms. The van der Waals surface area contributed by atoms with Crippen molar-refractivity contribution in [2.24, 2.45) is 0 Å². The molecule has 0 aliphatic carbocycles. The van der Waals surface area contributed by atoms with E-state index in [9.17, 15) is 207 Å².